The van der Waals surface area contributed by atoms with Crippen LogP contribution in [0.1, 0.15) is 6.92 Å². The molecule has 0 aliphatic rings. The fourth-order valence-corrected chi connectivity index (χ4v) is 0.836. The summed E-state index contributed by atoms with van der Waals surface area (Å²) in [5.74, 6) is -1.14. The van der Waals surface area contributed by atoms with Crippen LogP contribution >= 0.6 is 0 Å². The number of hydrogen-bond donors (Lipinski definition) is 4. The minimum Gasteiger partial charge on any atom is -0.464 e. The molecule has 4 N–H and O–H groups in total. The van der Waals surface area contributed by atoms with Crippen molar-refractivity contribution in [3.63, 3.8) is 0 Å². The van der Waals surface area contributed by atoms with Gasteiger partial charge >= 0.3 is 5.97 Å². The maximum atomic E-state index is 10.9. The smallest absolute Gasteiger partial charge is 0.337 e. The van der Waals surface area contributed by atoms with Crippen LogP contribution < -0.4 is 0 Å². The molecule has 0 fully saturated rings. The number of carbonyl (C=O) groups is 2. The molecule has 7 nitrogen and oxygen atoms in total. The number of hydrogen-bond acceptors (Lipinski definition) is 7. The van der Waals surface area contributed by atoms with E-state index in [1.807, 2.05) is 0 Å². The lowest BCUT2D eigenvalue weighted by Crippen LogP contribution is -2.48. The first-order valence-corrected chi connectivity index (χ1v) is 4.29. The lowest BCUT2D eigenvalue weighted by molar-refractivity contribution is -0.169. The largest absolute Gasteiger partial charge is 0.464 e. The Hall–Kier alpha value is -1.02. The van der Waals surface area contributed by atoms with Crippen molar-refractivity contribution in [2.24, 2.45) is 0 Å². The van der Waals surface area contributed by atoms with E-state index < -0.39 is 30.4 Å². The van der Waals surface area contributed by atoms with Gasteiger partial charge in [-0.25, -0.2) is 4.79 Å². The van der Waals surface area contributed by atoms with Gasteiger partial charge in [0.1, 0.15) is 18.3 Å². The van der Waals surface area contributed by atoms with Crippen molar-refractivity contribution >= 4 is 12.3 Å². The zero-order chi connectivity index (χ0) is 12.0. The van der Waals surface area contributed by atoms with Crippen LogP contribution in [0, 0.1) is 0 Å². The number of rotatable bonds is 6. The Morgan fingerprint density at radius 3 is 2.20 bits per heavy atom. The van der Waals surface area contributed by atoms with Crippen LogP contribution in [0.25, 0.3) is 0 Å². The average molecular weight is 222 g/mol. The average Bonchev–Trinajstić information content (AvgIpc) is 2.25. The summed E-state index contributed by atoms with van der Waals surface area (Å²) in [4.78, 5) is 20.9. The summed E-state index contributed by atoms with van der Waals surface area (Å²) in [6, 6.07) is 0. The van der Waals surface area contributed by atoms with E-state index in [0.717, 1.165) is 0 Å². The summed E-state index contributed by atoms with van der Waals surface area (Å²) < 4.78 is 4.36. The minimum absolute atomic E-state index is 0.00502. The first-order chi connectivity index (χ1) is 6.95. The van der Waals surface area contributed by atoms with E-state index in [1.54, 1.807) is 0 Å². The highest BCUT2D eigenvalue weighted by Crippen LogP contribution is 2.05. The fraction of sp³-hybridized carbons (Fsp3) is 0.750. The van der Waals surface area contributed by atoms with Crippen molar-refractivity contribution < 1.29 is 34.8 Å². The van der Waals surface area contributed by atoms with Gasteiger partial charge in [0.25, 0.3) is 0 Å². The first-order valence-electron chi connectivity index (χ1n) is 4.29. The van der Waals surface area contributed by atoms with E-state index in [-0.39, 0.29) is 12.9 Å². The minimum atomic E-state index is -2.01. The fourth-order valence-electron chi connectivity index (χ4n) is 0.836. The second-order valence-electron chi connectivity index (χ2n) is 2.80. The van der Waals surface area contributed by atoms with Crippen LogP contribution in [0.3, 0.4) is 0 Å². The number of aldehydes is 1. The maximum absolute atomic E-state index is 10.9. The number of aliphatic hydroxyl groups is 4. The molecule has 0 bridgehead atoms. The lowest BCUT2D eigenvalue weighted by atomic mass is 10.0. The normalized spacial score (nSPS) is 18.7. The monoisotopic (exact) mass is 222 g/mol. The molecule has 0 aliphatic carbocycles. The molecule has 0 rings (SSSR count). The van der Waals surface area contributed by atoms with Crippen molar-refractivity contribution in [3.8, 4) is 0 Å². The molecule has 15 heavy (non-hydrogen) atoms. The van der Waals surface area contributed by atoms with E-state index in [1.165, 1.54) is 6.92 Å². The van der Waals surface area contributed by atoms with Crippen LogP contribution in [0.4, 0.5) is 0 Å². The molecular weight excluding hydrogens is 208 g/mol. The Bertz CT molecular complexity index is 217. The molecule has 4 atom stereocenters. The quantitative estimate of drug-likeness (QED) is 0.282. The van der Waals surface area contributed by atoms with Gasteiger partial charge in [-0.05, 0) is 6.92 Å². The Morgan fingerprint density at radius 2 is 1.80 bits per heavy atom. The van der Waals surface area contributed by atoms with Gasteiger partial charge in [0.05, 0.1) is 6.61 Å². The van der Waals surface area contributed by atoms with Crippen LogP contribution in [0.5, 0.6) is 0 Å². The zero-order valence-electron chi connectivity index (χ0n) is 8.11. The van der Waals surface area contributed by atoms with Crippen LogP contribution in [-0.2, 0) is 14.3 Å². The first kappa shape index (κ1) is 14.0. The maximum Gasteiger partial charge on any atom is 0.337 e. The highest BCUT2D eigenvalue weighted by atomic mass is 16.5. The third kappa shape index (κ3) is 3.92. The van der Waals surface area contributed by atoms with E-state index in [4.69, 9.17) is 20.4 Å². The molecule has 7 heteroatoms. The van der Waals surface area contributed by atoms with Gasteiger partial charge < -0.3 is 30.0 Å². The van der Waals surface area contributed by atoms with E-state index in [9.17, 15) is 9.59 Å². The SMILES string of the molecule is CCOC(=O)[C@@H](O)[C@H](O)[C@@H](O)[C@H](O)C=O. The van der Waals surface area contributed by atoms with Gasteiger partial charge in [0.2, 0.25) is 0 Å². The summed E-state index contributed by atoms with van der Waals surface area (Å²) in [6.45, 7) is 1.49. The molecule has 0 unspecified atom stereocenters. The summed E-state index contributed by atoms with van der Waals surface area (Å²) in [7, 11) is 0. The standard InChI is InChI=1S/C8H14O7/c1-2-15-8(14)7(13)6(12)5(11)4(10)3-9/h3-7,10-13H,2H2,1H3/t4-,5+,6-,7+/m1/s1. The Balaban J connectivity index is 4.35. The third-order valence-corrected chi connectivity index (χ3v) is 1.69. The molecule has 0 aliphatic heterocycles. The number of esters is 1. The van der Waals surface area contributed by atoms with Crippen molar-refractivity contribution in [2.45, 2.75) is 31.3 Å². The van der Waals surface area contributed by atoms with Gasteiger partial charge in [-0.3, -0.25) is 0 Å². The highest BCUT2D eigenvalue weighted by Gasteiger charge is 2.34. The van der Waals surface area contributed by atoms with Crippen molar-refractivity contribution in [1.29, 1.82) is 0 Å². The predicted molar refractivity (Wildman–Crippen MR) is 46.7 cm³/mol. The Kier molecular flexibility index (Phi) is 6.02. The molecule has 0 aromatic rings. The Labute approximate surface area is 85.9 Å². The van der Waals surface area contributed by atoms with Gasteiger partial charge in [-0.2, -0.15) is 0 Å². The molecule has 0 saturated carbocycles. The zero-order valence-corrected chi connectivity index (χ0v) is 8.11. The molecule has 0 aromatic carbocycles. The van der Waals surface area contributed by atoms with Gasteiger partial charge in [0, 0.05) is 0 Å². The molecule has 0 radical (unpaired) electrons. The molecule has 0 heterocycles. The van der Waals surface area contributed by atoms with Gasteiger partial charge in [-0.15, -0.1) is 0 Å². The highest BCUT2D eigenvalue weighted by molar-refractivity contribution is 5.75. The number of aliphatic hydroxyl groups excluding tert-OH is 4. The van der Waals surface area contributed by atoms with Crippen LogP contribution in [0.2, 0.25) is 0 Å². The van der Waals surface area contributed by atoms with Crippen molar-refractivity contribution in [1.82, 2.24) is 0 Å². The molecular formula is C8H14O7. The third-order valence-electron chi connectivity index (χ3n) is 1.69. The Morgan fingerprint density at radius 1 is 1.27 bits per heavy atom. The lowest BCUT2D eigenvalue weighted by Gasteiger charge is -2.22. The molecule has 0 amide bonds. The topological polar surface area (TPSA) is 124 Å². The predicted octanol–water partition coefficient (Wildman–Crippen LogP) is -2.81. The molecule has 0 spiro atoms. The number of ether oxygens (including phenoxy) is 1. The summed E-state index contributed by atoms with van der Waals surface area (Å²) in [5, 5.41) is 36.2. The van der Waals surface area contributed by atoms with Crippen LogP contribution in [-0.4, -0.2) is 63.7 Å². The van der Waals surface area contributed by atoms with Crippen LogP contribution in [0.15, 0.2) is 0 Å². The molecule has 0 aromatic heterocycles. The van der Waals surface area contributed by atoms with Crippen molar-refractivity contribution in [2.75, 3.05) is 6.61 Å². The molecule has 88 valence electrons. The number of carbonyl (C=O) groups excluding carboxylic acids is 2. The van der Waals surface area contributed by atoms with Gasteiger partial charge in [-0.1, -0.05) is 0 Å². The second kappa shape index (κ2) is 6.46. The summed E-state index contributed by atoms with van der Waals surface area (Å²) in [5.41, 5.74) is 0. The van der Waals surface area contributed by atoms with E-state index >= 15 is 0 Å². The summed E-state index contributed by atoms with van der Waals surface area (Å²) in [6.07, 6.45) is -7.82. The van der Waals surface area contributed by atoms with E-state index in [2.05, 4.69) is 4.74 Å². The van der Waals surface area contributed by atoms with Crippen molar-refractivity contribution in [3.05, 3.63) is 0 Å². The second-order valence-corrected chi connectivity index (χ2v) is 2.80. The molecule has 0 saturated heterocycles. The van der Waals surface area contributed by atoms with Gasteiger partial charge in [0.15, 0.2) is 12.4 Å². The van der Waals surface area contributed by atoms with E-state index in [0.29, 0.717) is 0 Å². The summed E-state index contributed by atoms with van der Waals surface area (Å²) >= 11 is 0.